The predicted octanol–water partition coefficient (Wildman–Crippen LogP) is 6.43. The van der Waals surface area contributed by atoms with Crippen molar-refractivity contribution in [1.82, 2.24) is 0 Å². The number of carbonyl (C=O) groups excluding carboxylic acids is 1. The summed E-state index contributed by atoms with van der Waals surface area (Å²) in [6, 6.07) is 14.7. The lowest BCUT2D eigenvalue weighted by molar-refractivity contribution is 0.0988. The number of carbonyl (C=O) groups is 1. The van der Waals surface area contributed by atoms with Crippen molar-refractivity contribution >= 4 is 27.7 Å². The summed E-state index contributed by atoms with van der Waals surface area (Å²) >= 11 is 0. The van der Waals surface area contributed by atoms with Gasteiger partial charge in [-0.2, -0.15) is 0 Å². The Morgan fingerprint density at radius 2 is 1.77 bits per heavy atom. The molecule has 3 nitrogen and oxygen atoms in total. The molecule has 0 saturated carbocycles. The van der Waals surface area contributed by atoms with Crippen LogP contribution in [0.2, 0.25) is 0 Å². The smallest absolute Gasteiger partial charge is 0.434 e. The third kappa shape index (κ3) is 3.67. The van der Waals surface area contributed by atoms with E-state index in [1.54, 1.807) is 0 Å². The van der Waals surface area contributed by atoms with Crippen LogP contribution < -0.4 is 4.74 Å². The summed E-state index contributed by atoms with van der Waals surface area (Å²) in [6.45, 7) is 6.71. The molecular formula is C23H26O3. The first-order valence-corrected chi connectivity index (χ1v) is 9.49. The van der Waals surface area contributed by atoms with Crippen LogP contribution >= 0.6 is 0 Å². The van der Waals surface area contributed by atoms with E-state index >= 15 is 0 Å². The summed E-state index contributed by atoms with van der Waals surface area (Å²) in [4.78, 5) is 12.2. The van der Waals surface area contributed by atoms with Crippen LogP contribution in [0.5, 0.6) is 5.75 Å². The van der Waals surface area contributed by atoms with E-state index in [0.717, 1.165) is 47.2 Å². The molecule has 3 aromatic rings. The highest BCUT2D eigenvalue weighted by Crippen LogP contribution is 2.37. The molecule has 136 valence electrons. The van der Waals surface area contributed by atoms with Gasteiger partial charge in [-0.05, 0) is 53.3 Å². The molecule has 0 N–H and O–H groups in total. The lowest BCUT2D eigenvalue weighted by Crippen LogP contribution is -2.12. The molecule has 0 fully saturated rings. The highest BCUT2D eigenvalue weighted by Gasteiger charge is 2.15. The molecule has 3 aromatic carbocycles. The molecule has 0 aliphatic rings. The van der Waals surface area contributed by atoms with Crippen molar-refractivity contribution in [1.29, 1.82) is 0 Å². The first kappa shape index (κ1) is 18.2. The quantitative estimate of drug-likeness (QED) is 0.222. The summed E-state index contributed by atoms with van der Waals surface area (Å²) in [5.74, 6) is 0.601. The van der Waals surface area contributed by atoms with E-state index in [0.29, 0.717) is 12.4 Å². The van der Waals surface area contributed by atoms with Crippen LogP contribution in [0.3, 0.4) is 0 Å². The van der Waals surface area contributed by atoms with Crippen LogP contribution in [0, 0.1) is 0 Å². The second-order valence-electron chi connectivity index (χ2n) is 6.53. The Labute approximate surface area is 154 Å². The van der Waals surface area contributed by atoms with Gasteiger partial charge in [-0.1, -0.05) is 57.5 Å². The summed E-state index contributed by atoms with van der Waals surface area (Å²) < 4.78 is 11.0. The Balaban J connectivity index is 2.15. The minimum absolute atomic E-state index is 0.387. The summed E-state index contributed by atoms with van der Waals surface area (Å²) in [7, 11) is 0. The molecule has 0 heterocycles. The fraction of sp³-hybridized carbons (Fsp3) is 0.348. The molecule has 0 amide bonds. The van der Waals surface area contributed by atoms with Gasteiger partial charge in [0.1, 0.15) is 5.75 Å². The Bertz CT molecular complexity index is 924. The van der Waals surface area contributed by atoms with Crippen LogP contribution in [0.15, 0.2) is 42.5 Å². The monoisotopic (exact) mass is 350 g/mol. The van der Waals surface area contributed by atoms with Gasteiger partial charge < -0.3 is 9.47 Å². The number of unbranched alkanes of at least 4 members (excludes halogenated alkanes) is 1. The lowest BCUT2D eigenvalue weighted by Gasteiger charge is -2.14. The minimum Gasteiger partial charge on any atom is -0.434 e. The maximum Gasteiger partial charge on any atom is 0.513 e. The van der Waals surface area contributed by atoms with Crippen molar-refractivity contribution in [3.63, 3.8) is 0 Å². The van der Waals surface area contributed by atoms with Gasteiger partial charge in [0.2, 0.25) is 0 Å². The molecule has 0 aromatic heterocycles. The average Bonchev–Trinajstić information content (AvgIpc) is 2.67. The van der Waals surface area contributed by atoms with Gasteiger partial charge in [0.15, 0.2) is 0 Å². The van der Waals surface area contributed by atoms with Crippen molar-refractivity contribution in [3.05, 3.63) is 53.6 Å². The maximum absolute atomic E-state index is 12.2. The number of benzene rings is 3. The largest absolute Gasteiger partial charge is 0.513 e. The standard InChI is InChI=1S/C23H26O3/c1-4-7-13-25-23(24)26-22-19-10-8-9-17(6-3)20(19)15-18-12-11-16(5-2)14-21(18)22/h8-12,14-15H,4-7,13H2,1-3H3. The van der Waals surface area contributed by atoms with Crippen LogP contribution in [0.1, 0.15) is 44.7 Å². The molecule has 26 heavy (non-hydrogen) atoms. The van der Waals surface area contributed by atoms with Crippen LogP contribution in [0.25, 0.3) is 21.5 Å². The van der Waals surface area contributed by atoms with E-state index in [1.165, 1.54) is 11.1 Å². The fourth-order valence-electron chi connectivity index (χ4n) is 3.26. The number of aryl methyl sites for hydroxylation is 2. The zero-order valence-corrected chi connectivity index (χ0v) is 15.8. The van der Waals surface area contributed by atoms with E-state index in [4.69, 9.17) is 9.47 Å². The van der Waals surface area contributed by atoms with Crippen LogP contribution in [-0.4, -0.2) is 12.8 Å². The first-order chi connectivity index (χ1) is 12.7. The Hall–Kier alpha value is -2.55. The normalized spacial score (nSPS) is 11.0. The van der Waals surface area contributed by atoms with Crippen LogP contribution in [0.4, 0.5) is 4.79 Å². The molecular weight excluding hydrogens is 324 g/mol. The van der Waals surface area contributed by atoms with Gasteiger partial charge in [0.05, 0.1) is 6.61 Å². The minimum atomic E-state index is -0.629. The number of rotatable bonds is 6. The third-order valence-corrected chi connectivity index (χ3v) is 4.80. The number of ether oxygens (including phenoxy) is 2. The van der Waals surface area contributed by atoms with E-state index < -0.39 is 6.16 Å². The van der Waals surface area contributed by atoms with Gasteiger partial charge in [0.25, 0.3) is 0 Å². The van der Waals surface area contributed by atoms with E-state index in [2.05, 4.69) is 51.1 Å². The molecule has 0 saturated heterocycles. The summed E-state index contributed by atoms with van der Waals surface area (Å²) in [6.07, 6.45) is 3.05. The van der Waals surface area contributed by atoms with Crippen LogP contribution in [-0.2, 0) is 17.6 Å². The van der Waals surface area contributed by atoms with Gasteiger partial charge >= 0.3 is 6.16 Å². The second-order valence-corrected chi connectivity index (χ2v) is 6.53. The Morgan fingerprint density at radius 3 is 2.50 bits per heavy atom. The molecule has 0 atom stereocenters. The van der Waals surface area contributed by atoms with Gasteiger partial charge in [-0.25, -0.2) is 4.79 Å². The fourth-order valence-corrected chi connectivity index (χ4v) is 3.26. The SMILES string of the molecule is CCCCOC(=O)Oc1c2cc(CC)ccc2cc2c(CC)cccc12. The maximum atomic E-state index is 12.2. The average molecular weight is 350 g/mol. The molecule has 0 bridgehead atoms. The molecule has 3 rings (SSSR count). The Morgan fingerprint density at radius 1 is 0.923 bits per heavy atom. The van der Waals surface area contributed by atoms with Crippen molar-refractivity contribution < 1.29 is 14.3 Å². The lowest BCUT2D eigenvalue weighted by atomic mass is 9.96. The molecule has 3 heteroatoms. The Kier molecular flexibility index (Phi) is 5.77. The van der Waals surface area contributed by atoms with Crippen molar-refractivity contribution in [2.24, 2.45) is 0 Å². The van der Waals surface area contributed by atoms with E-state index in [9.17, 15) is 4.79 Å². The molecule has 0 unspecified atom stereocenters. The first-order valence-electron chi connectivity index (χ1n) is 9.49. The third-order valence-electron chi connectivity index (χ3n) is 4.80. The molecule has 0 spiro atoms. The number of hydrogen-bond acceptors (Lipinski definition) is 3. The molecule has 0 aliphatic heterocycles. The zero-order chi connectivity index (χ0) is 18.5. The predicted molar refractivity (Wildman–Crippen MR) is 107 cm³/mol. The van der Waals surface area contributed by atoms with Gasteiger partial charge in [-0.15, -0.1) is 0 Å². The van der Waals surface area contributed by atoms with E-state index in [1.807, 2.05) is 12.1 Å². The number of hydrogen-bond donors (Lipinski definition) is 0. The van der Waals surface area contributed by atoms with Crippen molar-refractivity contribution in [2.45, 2.75) is 46.5 Å². The second kappa shape index (κ2) is 8.22. The molecule has 0 aliphatic carbocycles. The highest BCUT2D eigenvalue weighted by molar-refractivity contribution is 6.07. The zero-order valence-electron chi connectivity index (χ0n) is 15.8. The van der Waals surface area contributed by atoms with E-state index in [-0.39, 0.29) is 0 Å². The summed E-state index contributed by atoms with van der Waals surface area (Å²) in [5.41, 5.74) is 2.46. The topological polar surface area (TPSA) is 35.5 Å². The van der Waals surface area contributed by atoms with Gasteiger partial charge in [0, 0.05) is 10.8 Å². The molecule has 0 radical (unpaired) electrons. The van der Waals surface area contributed by atoms with Crippen molar-refractivity contribution in [2.75, 3.05) is 6.61 Å². The highest BCUT2D eigenvalue weighted by atomic mass is 16.7. The van der Waals surface area contributed by atoms with Crippen molar-refractivity contribution in [3.8, 4) is 5.75 Å². The number of fused-ring (bicyclic) bond motifs is 2. The van der Waals surface area contributed by atoms with Gasteiger partial charge in [-0.3, -0.25) is 0 Å². The summed E-state index contributed by atoms with van der Waals surface area (Å²) in [5, 5.41) is 4.12.